The van der Waals surface area contributed by atoms with Crippen molar-refractivity contribution in [2.45, 2.75) is 46.0 Å². The first-order valence-corrected chi connectivity index (χ1v) is 9.54. The van der Waals surface area contributed by atoms with Crippen molar-refractivity contribution >= 4 is 17.6 Å². The average molecular weight is 362 g/mol. The standard InChI is InChI=1S/C20H30N2O4/c1-3-6-19(23)21-17-9-8-15(13-18(17)26-4-2)10-12-22-11-5-7-16(14-22)20(24)25/h8-9,13,16H,3-7,10-12,14H2,1-2H3,(H,21,23)(H,24,25). The van der Waals surface area contributed by atoms with Crippen LogP contribution >= 0.6 is 0 Å². The highest BCUT2D eigenvalue weighted by Gasteiger charge is 2.24. The van der Waals surface area contributed by atoms with Gasteiger partial charge < -0.3 is 20.1 Å². The molecule has 1 amide bonds. The van der Waals surface area contributed by atoms with E-state index in [4.69, 9.17) is 4.74 Å². The molecule has 0 aromatic heterocycles. The Labute approximate surface area is 155 Å². The van der Waals surface area contributed by atoms with Gasteiger partial charge in [-0.25, -0.2) is 0 Å². The fraction of sp³-hybridized carbons (Fsp3) is 0.600. The zero-order valence-electron chi connectivity index (χ0n) is 15.8. The molecule has 2 rings (SSSR count). The quantitative estimate of drug-likeness (QED) is 0.705. The van der Waals surface area contributed by atoms with Crippen LogP contribution in [0.1, 0.15) is 45.1 Å². The van der Waals surface area contributed by atoms with Gasteiger partial charge >= 0.3 is 5.97 Å². The lowest BCUT2D eigenvalue weighted by Gasteiger charge is -2.30. The molecule has 26 heavy (non-hydrogen) atoms. The van der Waals surface area contributed by atoms with E-state index in [9.17, 15) is 14.7 Å². The Morgan fingerprint density at radius 3 is 2.85 bits per heavy atom. The van der Waals surface area contributed by atoms with Crippen LogP contribution in [0.4, 0.5) is 5.69 Å². The SMILES string of the molecule is CCCC(=O)Nc1ccc(CCN2CCCC(C(=O)O)C2)cc1OCC. The number of anilines is 1. The number of carboxylic acid groups (broad SMARTS) is 1. The molecule has 1 unspecified atom stereocenters. The summed E-state index contributed by atoms with van der Waals surface area (Å²) in [4.78, 5) is 25.3. The summed E-state index contributed by atoms with van der Waals surface area (Å²) in [7, 11) is 0. The molecular weight excluding hydrogens is 332 g/mol. The number of carbonyl (C=O) groups is 2. The van der Waals surface area contributed by atoms with Crippen molar-refractivity contribution < 1.29 is 19.4 Å². The number of nitrogens with zero attached hydrogens (tertiary/aromatic N) is 1. The Morgan fingerprint density at radius 2 is 2.15 bits per heavy atom. The molecule has 1 fully saturated rings. The number of benzene rings is 1. The highest BCUT2D eigenvalue weighted by molar-refractivity contribution is 5.92. The lowest BCUT2D eigenvalue weighted by atomic mass is 9.98. The Hall–Kier alpha value is -2.08. The highest BCUT2D eigenvalue weighted by Crippen LogP contribution is 2.27. The number of carbonyl (C=O) groups excluding carboxylic acids is 1. The van der Waals surface area contributed by atoms with E-state index in [0.717, 1.165) is 44.3 Å². The van der Waals surface area contributed by atoms with Crippen LogP contribution in [-0.2, 0) is 16.0 Å². The Bertz CT molecular complexity index is 618. The van der Waals surface area contributed by atoms with E-state index >= 15 is 0 Å². The Balaban J connectivity index is 1.97. The minimum absolute atomic E-state index is 0.00534. The molecule has 0 aliphatic carbocycles. The molecule has 144 valence electrons. The molecule has 1 aliphatic rings. The second kappa shape index (κ2) is 10.2. The molecular formula is C20H30N2O4. The maximum Gasteiger partial charge on any atom is 0.307 e. The number of ether oxygens (including phenoxy) is 1. The number of hydrogen-bond acceptors (Lipinski definition) is 4. The second-order valence-corrected chi connectivity index (χ2v) is 6.79. The first kappa shape index (κ1) is 20.2. The number of likely N-dealkylation sites (tertiary alicyclic amines) is 1. The maximum absolute atomic E-state index is 11.9. The number of rotatable bonds is 9. The molecule has 1 saturated heterocycles. The summed E-state index contributed by atoms with van der Waals surface area (Å²) in [6, 6.07) is 5.87. The fourth-order valence-corrected chi connectivity index (χ4v) is 3.29. The van der Waals surface area contributed by atoms with Gasteiger partial charge in [0.05, 0.1) is 18.2 Å². The summed E-state index contributed by atoms with van der Waals surface area (Å²) >= 11 is 0. The van der Waals surface area contributed by atoms with Crippen molar-refractivity contribution in [3.05, 3.63) is 23.8 Å². The van der Waals surface area contributed by atoms with E-state index in [2.05, 4.69) is 10.2 Å². The lowest BCUT2D eigenvalue weighted by Crippen LogP contribution is -2.39. The molecule has 6 heteroatoms. The highest BCUT2D eigenvalue weighted by atomic mass is 16.5. The Kier molecular flexibility index (Phi) is 7.91. The van der Waals surface area contributed by atoms with Crippen LogP contribution in [-0.4, -0.2) is 48.1 Å². The van der Waals surface area contributed by atoms with Crippen LogP contribution < -0.4 is 10.1 Å². The van der Waals surface area contributed by atoms with Gasteiger partial charge in [-0.05, 0) is 56.8 Å². The summed E-state index contributed by atoms with van der Waals surface area (Å²) in [5.74, 6) is -0.259. The van der Waals surface area contributed by atoms with Gasteiger partial charge in [0.25, 0.3) is 0 Å². The first-order valence-electron chi connectivity index (χ1n) is 9.54. The number of amides is 1. The van der Waals surface area contributed by atoms with Gasteiger partial charge in [-0.1, -0.05) is 13.0 Å². The molecule has 0 bridgehead atoms. The van der Waals surface area contributed by atoms with E-state index in [1.54, 1.807) is 0 Å². The minimum atomic E-state index is -0.694. The third-order valence-electron chi connectivity index (χ3n) is 4.67. The van der Waals surface area contributed by atoms with E-state index in [1.807, 2.05) is 32.0 Å². The molecule has 0 spiro atoms. The van der Waals surface area contributed by atoms with Crippen molar-refractivity contribution in [2.24, 2.45) is 5.92 Å². The normalized spacial score (nSPS) is 17.7. The number of hydrogen-bond donors (Lipinski definition) is 2. The van der Waals surface area contributed by atoms with E-state index in [1.165, 1.54) is 0 Å². The van der Waals surface area contributed by atoms with Crippen LogP contribution in [0.5, 0.6) is 5.75 Å². The molecule has 1 atom stereocenters. The maximum atomic E-state index is 11.9. The van der Waals surface area contributed by atoms with Crippen LogP contribution in [0.3, 0.4) is 0 Å². The largest absolute Gasteiger partial charge is 0.492 e. The minimum Gasteiger partial charge on any atom is -0.492 e. The van der Waals surface area contributed by atoms with Gasteiger partial charge in [-0.2, -0.15) is 0 Å². The number of piperidine rings is 1. The van der Waals surface area contributed by atoms with Crippen LogP contribution in [0, 0.1) is 5.92 Å². The molecule has 1 aromatic carbocycles. The number of aliphatic carboxylic acids is 1. The van der Waals surface area contributed by atoms with Gasteiger partial charge in [-0.3, -0.25) is 9.59 Å². The molecule has 0 saturated carbocycles. The third-order valence-corrected chi connectivity index (χ3v) is 4.67. The predicted octanol–water partition coefficient (Wildman–Crippen LogP) is 3.16. The number of nitrogens with one attached hydrogen (secondary N) is 1. The Morgan fingerprint density at radius 1 is 1.35 bits per heavy atom. The van der Waals surface area contributed by atoms with E-state index in [0.29, 0.717) is 31.0 Å². The van der Waals surface area contributed by atoms with E-state index < -0.39 is 5.97 Å². The van der Waals surface area contributed by atoms with Crippen molar-refractivity contribution in [2.75, 3.05) is 31.6 Å². The summed E-state index contributed by atoms with van der Waals surface area (Å²) in [5.41, 5.74) is 1.83. The third kappa shape index (κ3) is 6.02. The number of carboxylic acids is 1. The van der Waals surface area contributed by atoms with Crippen molar-refractivity contribution in [3.8, 4) is 5.75 Å². The van der Waals surface area contributed by atoms with Gasteiger partial charge in [-0.15, -0.1) is 0 Å². The smallest absolute Gasteiger partial charge is 0.307 e. The summed E-state index contributed by atoms with van der Waals surface area (Å²) in [5, 5.41) is 12.1. The van der Waals surface area contributed by atoms with Crippen LogP contribution in [0.2, 0.25) is 0 Å². The predicted molar refractivity (Wildman–Crippen MR) is 102 cm³/mol. The molecule has 1 aromatic rings. The summed E-state index contributed by atoms with van der Waals surface area (Å²) in [6.45, 7) is 6.83. The zero-order valence-corrected chi connectivity index (χ0v) is 15.8. The van der Waals surface area contributed by atoms with Crippen LogP contribution in [0.25, 0.3) is 0 Å². The summed E-state index contributed by atoms with van der Waals surface area (Å²) < 4.78 is 5.69. The lowest BCUT2D eigenvalue weighted by molar-refractivity contribution is -0.143. The molecule has 1 aliphatic heterocycles. The van der Waals surface area contributed by atoms with Crippen LogP contribution in [0.15, 0.2) is 18.2 Å². The second-order valence-electron chi connectivity index (χ2n) is 6.79. The van der Waals surface area contributed by atoms with Crippen molar-refractivity contribution in [3.63, 3.8) is 0 Å². The fourth-order valence-electron chi connectivity index (χ4n) is 3.29. The topological polar surface area (TPSA) is 78.9 Å². The molecule has 0 radical (unpaired) electrons. The monoisotopic (exact) mass is 362 g/mol. The van der Waals surface area contributed by atoms with E-state index in [-0.39, 0.29) is 11.8 Å². The zero-order chi connectivity index (χ0) is 18.9. The van der Waals surface area contributed by atoms with Gasteiger partial charge in [0.1, 0.15) is 5.75 Å². The average Bonchev–Trinajstić information content (AvgIpc) is 2.62. The summed E-state index contributed by atoms with van der Waals surface area (Å²) in [6.07, 6.45) is 3.83. The van der Waals surface area contributed by atoms with Gasteiger partial charge in [0.2, 0.25) is 5.91 Å². The van der Waals surface area contributed by atoms with Crippen molar-refractivity contribution in [1.82, 2.24) is 4.90 Å². The van der Waals surface area contributed by atoms with Crippen molar-refractivity contribution in [1.29, 1.82) is 0 Å². The molecule has 2 N–H and O–H groups in total. The van der Waals surface area contributed by atoms with Gasteiger partial charge in [0, 0.05) is 19.5 Å². The first-order chi connectivity index (χ1) is 12.5. The molecule has 1 heterocycles. The van der Waals surface area contributed by atoms with Gasteiger partial charge in [0.15, 0.2) is 0 Å². The molecule has 6 nitrogen and oxygen atoms in total.